The van der Waals surface area contributed by atoms with Gasteiger partial charge >= 0.3 is 6.03 Å². The number of halogens is 2. The molecule has 0 aliphatic carbocycles. The second-order valence-corrected chi connectivity index (χ2v) is 9.89. The summed E-state index contributed by atoms with van der Waals surface area (Å²) in [4.78, 5) is 16.0. The third-order valence-corrected chi connectivity index (χ3v) is 6.50. The molecular weight excluding hydrogens is 425 g/mol. The van der Waals surface area contributed by atoms with E-state index in [1.54, 1.807) is 17.0 Å². The van der Waals surface area contributed by atoms with Gasteiger partial charge in [-0.25, -0.2) is 17.9 Å². The summed E-state index contributed by atoms with van der Waals surface area (Å²) >= 11 is 12.0. The fourth-order valence-corrected chi connectivity index (χ4v) is 4.49. The van der Waals surface area contributed by atoms with Crippen LogP contribution >= 0.6 is 23.2 Å². The van der Waals surface area contributed by atoms with Gasteiger partial charge in [0, 0.05) is 38.3 Å². The average molecular weight is 450 g/mol. The van der Waals surface area contributed by atoms with Gasteiger partial charge in [0.1, 0.15) is 11.9 Å². The Labute approximate surface area is 176 Å². The maximum absolute atomic E-state index is 11.9. The van der Waals surface area contributed by atoms with Gasteiger partial charge in [0.2, 0.25) is 10.0 Å². The molecule has 0 unspecified atom stereocenters. The zero-order valence-electron chi connectivity index (χ0n) is 15.7. The van der Waals surface area contributed by atoms with Crippen LogP contribution in [-0.4, -0.2) is 68.8 Å². The zero-order valence-corrected chi connectivity index (χ0v) is 18.1. The first-order valence-corrected chi connectivity index (χ1v) is 12.0. The maximum Gasteiger partial charge on any atom is 0.331 e. The number of piperidine rings is 2. The minimum atomic E-state index is -3.52. The number of rotatable bonds is 4. The number of carbonyl (C=O) groups is 1. The van der Waals surface area contributed by atoms with Gasteiger partial charge in [-0.2, -0.15) is 0 Å². The Bertz CT molecular complexity index is 805. The van der Waals surface area contributed by atoms with E-state index in [0.29, 0.717) is 29.2 Å². The number of hydrogen-bond acceptors (Lipinski definition) is 5. The van der Waals surface area contributed by atoms with Gasteiger partial charge in [-0.1, -0.05) is 23.2 Å². The van der Waals surface area contributed by atoms with Crippen molar-refractivity contribution >= 4 is 39.3 Å². The quantitative estimate of drug-likeness (QED) is 0.763. The van der Waals surface area contributed by atoms with Gasteiger partial charge in [-0.15, -0.1) is 0 Å². The zero-order chi connectivity index (χ0) is 20.3. The number of ether oxygens (including phenoxy) is 1. The Morgan fingerprint density at radius 3 is 2.29 bits per heavy atom. The molecule has 2 fully saturated rings. The molecule has 0 bridgehead atoms. The van der Waals surface area contributed by atoms with Gasteiger partial charge in [0.25, 0.3) is 0 Å². The SMILES string of the molecule is CS(=O)(=O)NC(=O)N1CCC(N2CCC(Oc3ccc(Cl)c(Cl)c3)CC2)CC1. The lowest BCUT2D eigenvalue weighted by Crippen LogP contribution is -2.52. The summed E-state index contributed by atoms with van der Waals surface area (Å²) in [5, 5.41) is 1.00. The molecule has 7 nitrogen and oxygen atoms in total. The van der Waals surface area contributed by atoms with Crippen LogP contribution in [0.15, 0.2) is 18.2 Å². The smallest absolute Gasteiger partial charge is 0.331 e. The summed E-state index contributed by atoms with van der Waals surface area (Å²) in [6, 6.07) is 5.19. The van der Waals surface area contributed by atoms with Crippen LogP contribution in [0, 0.1) is 0 Å². The van der Waals surface area contributed by atoms with E-state index >= 15 is 0 Å². The molecule has 0 radical (unpaired) electrons. The summed E-state index contributed by atoms with van der Waals surface area (Å²) in [6.07, 6.45) is 4.67. The molecule has 0 atom stereocenters. The fourth-order valence-electron chi connectivity index (χ4n) is 3.76. The molecule has 3 rings (SSSR count). The first-order valence-electron chi connectivity index (χ1n) is 9.34. The minimum absolute atomic E-state index is 0.147. The summed E-state index contributed by atoms with van der Waals surface area (Å²) in [6.45, 7) is 3.00. The predicted octanol–water partition coefficient (Wildman–Crippen LogP) is 2.97. The van der Waals surface area contributed by atoms with Gasteiger partial charge in [-0.3, -0.25) is 4.90 Å². The number of carbonyl (C=O) groups excluding carboxylic acids is 1. The van der Waals surface area contributed by atoms with E-state index in [9.17, 15) is 13.2 Å². The number of sulfonamides is 1. The number of urea groups is 1. The first-order chi connectivity index (χ1) is 13.2. The molecule has 156 valence electrons. The number of likely N-dealkylation sites (tertiary alicyclic amines) is 2. The normalized spacial score (nSPS) is 20.2. The van der Waals surface area contributed by atoms with Crippen LogP contribution < -0.4 is 9.46 Å². The van der Waals surface area contributed by atoms with Crippen molar-refractivity contribution in [1.82, 2.24) is 14.5 Å². The fraction of sp³-hybridized carbons (Fsp3) is 0.611. The molecule has 0 saturated carbocycles. The molecular formula is C18H25Cl2N3O4S. The van der Waals surface area contributed by atoms with E-state index in [1.165, 1.54) is 0 Å². The molecule has 1 aromatic carbocycles. The number of amides is 2. The highest BCUT2D eigenvalue weighted by atomic mass is 35.5. The van der Waals surface area contributed by atoms with Crippen molar-refractivity contribution in [2.45, 2.75) is 37.8 Å². The Morgan fingerprint density at radius 1 is 1.07 bits per heavy atom. The van der Waals surface area contributed by atoms with E-state index in [1.807, 2.05) is 10.8 Å². The predicted molar refractivity (Wildman–Crippen MR) is 110 cm³/mol. The van der Waals surface area contributed by atoms with Gasteiger partial charge in [0.05, 0.1) is 16.3 Å². The van der Waals surface area contributed by atoms with Crippen molar-refractivity contribution in [3.8, 4) is 5.75 Å². The molecule has 1 N–H and O–H groups in total. The van der Waals surface area contributed by atoms with Crippen LogP contribution in [0.1, 0.15) is 25.7 Å². The van der Waals surface area contributed by atoms with Gasteiger partial charge in [0.15, 0.2) is 0 Å². The minimum Gasteiger partial charge on any atom is -0.490 e. The van der Waals surface area contributed by atoms with E-state index in [4.69, 9.17) is 27.9 Å². The van der Waals surface area contributed by atoms with Crippen LogP contribution in [-0.2, 0) is 10.0 Å². The number of nitrogens with one attached hydrogen (secondary N) is 1. The molecule has 10 heteroatoms. The van der Waals surface area contributed by atoms with Crippen LogP contribution in [0.25, 0.3) is 0 Å². The number of benzene rings is 1. The highest BCUT2D eigenvalue weighted by molar-refractivity contribution is 7.89. The summed E-state index contributed by atoms with van der Waals surface area (Å²) in [5.74, 6) is 0.734. The van der Waals surface area contributed by atoms with Crippen LogP contribution in [0.5, 0.6) is 5.75 Å². The van der Waals surface area contributed by atoms with Crippen molar-refractivity contribution in [3.63, 3.8) is 0 Å². The van der Waals surface area contributed by atoms with Crippen LogP contribution in [0.4, 0.5) is 4.79 Å². The highest BCUT2D eigenvalue weighted by Crippen LogP contribution is 2.29. The van der Waals surface area contributed by atoms with Crippen molar-refractivity contribution in [2.24, 2.45) is 0 Å². The van der Waals surface area contributed by atoms with Crippen molar-refractivity contribution in [2.75, 3.05) is 32.4 Å². The Morgan fingerprint density at radius 2 is 1.71 bits per heavy atom. The molecule has 2 heterocycles. The molecule has 2 amide bonds. The molecule has 2 aliphatic heterocycles. The summed E-state index contributed by atoms with van der Waals surface area (Å²) < 4.78 is 30.5. The largest absolute Gasteiger partial charge is 0.490 e. The third kappa shape index (κ3) is 5.89. The van der Waals surface area contributed by atoms with Crippen LogP contribution in [0.3, 0.4) is 0 Å². The second kappa shape index (κ2) is 9.07. The summed E-state index contributed by atoms with van der Waals surface area (Å²) in [7, 11) is -3.52. The summed E-state index contributed by atoms with van der Waals surface area (Å²) in [5.41, 5.74) is 0. The van der Waals surface area contributed by atoms with E-state index in [2.05, 4.69) is 4.90 Å². The second-order valence-electron chi connectivity index (χ2n) is 7.33. The molecule has 1 aromatic rings. The standard InChI is InChI=1S/C18H25Cl2N3O4S/c1-28(25,26)21-18(24)23-8-4-13(5-9-23)22-10-6-14(7-11-22)27-15-2-3-16(19)17(20)12-15/h2-3,12-14H,4-11H2,1H3,(H,21,24). The monoisotopic (exact) mass is 449 g/mol. The van der Waals surface area contributed by atoms with Gasteiger partial charge in [-0.05, 0) is 37.8 Å². The lowest BCUT2D eigenvalue weighted by Gasteiger charge is -2.41. The lowest BCUT2D eigenvalue weighted by atomic mass is 9.99. The molecule has 28 heavy (non-hydrogen) atoms. The Kier molecular flexibility index (Phi) is 6.96. The molecule has 2 saturated heterocycles. The van der Waals surface area contributed by atoms with Crippen molar-refractivity contribution in [3.05, 3.63) is 28.2 Å². The average Bonchev–Trinajstić information content (AvgIpc) is 2.64. The number of hydrogen-bond donors (Lipinski definition) is 1. The van der Waals surface area contributed by atoms with E-state index in [-0.39, 0.29) is 6.10 Å². The molecule has 0 aromatic heterocycles. The molecule has 0 spiro atoms. The van der Waals surface area contributed by atoms with Crippen molar-refractivity contribution in [1.29, 1.82) is 0 Å². The number of nitrogens with zero attached hydrogens (tertiary/aromatic N) is 2. The van der Waals surface area contributed by atoms with E-state index in [0.717, 1.165) is 50.8 Å². The molecule has 2 aliphatic rings. The topological polar surface area (TPSA) is 79.0 Å². The highest BCUT2D eigenvalue weighted by Gasteiger charge is 2.30. The van der Waals surface area contributed by atoms with Crippen molar-refractivity contribution < 1.29 is 17.9 Å². The Balaban J connectivity index is 1.43. The maximum atomic E-state index is 11.9. The lowest BCUT2D eigenvalue weighted by molar-refractivity contribution is 0.0540. The first kappa shape index (κ1) is 21.5. The third-order valence-electron chi connectivity index (χ3n) is 5.21. The van der Waals surface area contributed by atoms with Gasteiger partial charge < -0.3 is 9.64 Å². The Hall–Kier alpha value is -1.22. The van der Waals surface area contributed by atoms with E-state index < -0.39 is 16.1 Å². The van der Waals surface area contributed by atoms with Crippen LogP contribution in [0.2, 0.25) is 10.0 Å².